The van der Waals surface area contributed by atoms with E-state index in [2.05, 4.69) is 0 Å². The van der Waals surface area contributed by atoms with Crippen LogP contribution in [-0.2, 0) is 10.1 Å². The van der Waals surface area contributed by atoms with Gasteiger partial charge >= 0.3 is 18.9 Å². The van der Waals surface area contributed by atoms with E-state index in [1.165, 1.54) is 12.1 Å². The first kappa shape index (κ1) is 11.7. The molecule has 0 N–H and O–H groups in total. The summed E-state index contributed by atoms with van der Waals surface area (Å²) in [6, 6.07) is 5.91. The van der Waals surface area contributed by atoms with Gasteiger partial charge in [0, 0.05) is 0 Å². The third kappa shape index (κ3) is 3.00. The van der Waals surface area contributed by atoms with Crippen LogP contribution in [0.4, 0.5) is 0 Å². The molecule has 0 fully saturated rings. The van der Waals surface area contributed by atoms with Gasteiger partial charge in [0.15, 0.2) is 0 Å². The van der Waals surface area contributed by atoms with Crippen molar-refractivity contribution in [2.24, 2.45) is 0 Å². The molecule has 0 amide bonds. The third-order valence-electron chi connectivity index (χ3n) is 1.28. The summed E-state index contributed by atoms with van der Waals surface area (Å²) in [5.74, 6) is 0. The quantitative estimate of drug-likeness (QED) is 0.366. The summed E-state index contributed by atoms with van der Waals surface area (Å²) in [6.07, 6.45) is 0. The first-order valence-electron chi connectivity index (χ1n) is 3.03. The minimum atomic E-state index is -4.28. The minimum Gasteiger partial charge on any atom is -0.744 e. The second-order valence-corrected chi connectivity index (χ2v) is 3.65. The number of aryl methyl sites for hydroxylation is 1. The fourth-order valence-corrected chi connectivity index (χ4v) is 1.35. The van der Waals surface area contributed by atoms with E-state index < -0.39 is 10.1 Å². The summed E-state index contributed by atoms with van der Waals surface area (Å²) < 4.78 is 31.3. The molecule has 60 valence electrons. The molecule has 3 nitrogen and oxygen atoms in total. The molecule has 0 aliphatic rings. The Morgan fingerprint density at radius 3 is 2.25 bits per heavy atom. The summed E-state index contributed by atoms with van der Waals surface area (Å²) >= 11 is 0. The monoisotopic (exact) mass is 178 g/mol. The van der Waals surface area contributed by atoms with Gasteiger partial charge in [-0.3, -0.25) is 0 Å². The van der Waals surface area contributed by atoms with Crippen molar-refractivity contribution < 1.29 is 31.8 Å². The Kier molecular flexibility index (Phi) is 4.01. The molecule has 1 aromatic carbocycles. The van der Waals surface area contributed by atoms with Crippen LogP contribution < -0.4 is 18.9 Å². The zero-order valence-electron chi connectivity index (χ0n) is 6.94. The van der Waals surface area contributed by atoms with E-state index in [4.69, 9.17) is 0 Å². The molecular weight excluding hydrogens is 171 g/mol. The SMILES string of the molecule is Cc1cccc(S(=O)(=O)[O-])c1.[Li+]. The van der Waals surface area contributed by atoms with Gasteiger partial charge in [0.1, 0.15) is 10.1 Å². The maximum Gasteiger partial charge on any atom is 1.00 e. The number of hydrogen-bond acceptors (Lipinski definition) is 3. The van der Waals surface area contributed by atoms with Crippen molar-refractivity contribution in [2.45, 2.75) is 11.8 Å². The molecule has 0 aromatic heterocycles. The molecule has 0 aliphatic carbocycles. The maximum absolute atomic E-state index is 10.4. The summed E-state index contributed by atoms with van der Waals surface area (Å²) in [4.78, 5) is -0.169. The molecule has 0 heterocycles. The molecule has 0 aliphatic heterocycles. The Hall–Kier alpha value is -0.273. The molecule has 1 rings (SSSR count). The van der Waals surface area contributed by atoms with Gasteiger partial charge in [-0.15, -0.1) is 0 Å². The Morgan fingerprint density at radius 1 is 1.33 bits per heavy atom. The molecule has 0 spiro atoms. The van der Waals surface area contributed by atoms with Crippen LogP contribution in [0.25, 0.3) is 0 Å². The van der Waals surface area contributed by atoms with Crippen molar-refractivity contribution in [1.29, 1.82) is 0 Å². The van der Waals surface area contributed by atoms with Gasteiger partial charge in [0.25, 0.3) is 0 Å². The molecule has 0 atom stereocenters. The molecular formula is C7H7LiO3S. The summed E-state index contributed by atoms with van der Waals surface area (Å²) in [5.41, 5.74) is 0.766. The van der Waals surface area contributed by atoms with E-state index in [1.54, 1.807) is 19.1 Å². The van der Waals surface area contributed by atoms with Crippen LogP contribution in [0.3, 0.4) is 0 Å². The predicted octanol–water partition coefficient (Wildman–Crippen LogP) is -2.10. The Labute approximate surface area is 83.7 Å². The zero-order chi connectivity index (χ0) is 8.48. The van der Waals surface area contributed by atoms with Crippen LogP contribution in [0.1, 0.15) is 5.56 Å². The van der Waals surface area contributed by atoms with Crippen molar-refractivity contribution in [3.05, 3.63) is 29.8 Å². The first-order chi connectivity index (χ1) is 5.00. The molecule has 12 heavy (non-hydrogen) atoms. The van der Waals surface area contributed by atoms with Crippen molar-refractivity contribution >= 4 is 10.1 Å². The average molecular weight is 178 g/mol. The van der Waals surface area contributed by atoms with Crippen LogP contribution in [0.5, 0.6) is 0 Å². The van der Waals surface area contributed by atoms with Crippen molar-refractivity contribution in [2.75, 3.05) is 0 Å². The van der Waals surface area contributed by atoms with Crippen LogP contribution in [0, 0.1) is 6.92 Å². The second-order valence-electron chi connectivity index (χ2n) is 2.27. The summed E-state index contributed by atoms with van der Waals surface area (Å²) in [7, 11) is -4.28. The second kappa shape index (κ2) is 4.10. The summed E-state index contributed by atoms with van der Waals surface area (Å²) in [6.45, 7) is 1.73. The topological polar surface area (TPSA) is 57.2 Å². The van der Waals surface area contributed by atoms with Crippen LogP contribution >= 0.6 is 0 Å². The van der Waals surface area contributed by atoms with Gasteiger partial charge in [-0.2, -0.15) is 0 Å². The minimum absolute atomic E-state index is 0. The van der Waals surface area contributed by atoms with Gasteiger partial charge in [0.05, 0.1) is 4.90 Å². The molecule has 0 radical (unpaired) electrons. The van der Waals surface area contributed by atoms with Crippen molar-refractivity contribution in [3.63, 3.8) is 0 Å². The number of benzene rings is 1. The fraction of sp³-hybridized carbons (Fsp3) is 0.143. The van der Waals surface area contributed by atoms with E-state index in [9.17, 15) is 13.0 Å². The van der Waals surface area contributed by atoms with Crippen molar-refractivity contribution in [1.82, 2.24) is 0 Å². The fourth-order valence-electron chi connectivity index (χ4n) is 0.771. The van der Waals surface area contributed by atoms with Gasteiger partial charge in [-0.05, 0) is 24.6 Å². The van der Waals surface area contributed by atoms with E-state index >= 15 is 0 Å². The largest absolute Gasteiger partial charge is 1.00 e. The van der Waals surface area contributed by atoms with E-state index in [-0.39, 0.29) is 23.8 Å². The maximum atomic E-state index is 10.4. The molecule has 0 unspecified atom stereocenters. The van der Waals surface area contributed by atoms with E-state index in [1.807, 2.05) is 0 Å². The average Bonchev–Trinajstić information content (AvgIpc) is 1.86. The van der Waals surface area contributed by atoms with Gasteiger partial charge in [0.2, 0.25) is 0 Å². The number of rotatable bonds is 1. The van der Waals surface area contributed by atoms with Crippen LogP contribution in [0.15, 0.2) is 29.2 Å². The Balaban J connectivity index is 0.00000121. The normalized spacial score (nSPS) is 10.5. The Morgan fingerprint density at radius 2 is 1.92 bits per heavy atom. The molecule has 5 heteroatoms. The van der Waals surface area contributed by atoms with Gasteiger partial charge in [-0.25, -0.2) is 8.42 Å². The number of hydrogen-bond donors (Lipinski definition) is 0. The van der Waals surface area contributed by atoms with Gasteiger partial charge < -0.3 is 4.55 Å². The zero-order valence-corrected chi connectivity index (χ0v) is 7.76. The van der Waals surface area contributed by atoms with Crippen LogP contribution in [0.2, 0.25) is 0 Å². The van der Waals surface area contributed by atoms with Gasteiger partial charge in [-0.1, -0.05) is 12.1 Å². The molecule has 0 saturated carbocycles. The van der Waals surface area contributed by atoms with Crippen LogP contribution in [-0.4, -0.2) is 13.0 Å². The smallest absolute Gasteiger partial charge is 0.744 e. The standard InChI is InChI=1S/C7H8O3S.Li/c1-6-3-2-4-7(5-6)11(8,9)10;/h2-5H,1H3,(H,8,9,10);/q;+1/p-1. The summed E-state index contributed by atoms with van der Waals surface area (Å²) in [5, 5.41) is 0. The molecule has 0 bridgehead atoms. The van der Waals surface area contributed by atoms with Crippen molar-refractivity contribution in [3.8, 4) is 0 Å². The Bertz CT molecular complexity index is 359. The van der Waals surface area contributed by atoms with E-state index in [0.29, 0.717) is 0 Å². The molecule has 1 aromatic rings. The predicted molar refractivity (Wildman–Crippen MR) is 39.1 cm³/mol. The molecule has 0 saturated heterocycles. The first-order valence-corrected chi connectivity index (χ1v) is 4.43. The third-order valence-corrected chi connectivity index (χ3v) is 2.11. The van der Waals surface area contributed by atoms with E-state index in [0.717, 1.165) is 5.56 Å².